The van der Waals surface area contributed by atoms with Crippen molar-refractivity contribution >= 4 is 38.2 Å². The summed E-state index contributed by atoms with van der Waals surface area (Å²) < 4.78 is 3.35. The molecule has 0 bridgehead atoms. The van der Waals surface area contributed by atoms with E-state index in [1.54, 1.807) is 11.3 Å². The lowest BCUT2D eigenvalue weighted by Crippen LogP contribution is -2.11. The van der Waals surface area contributed by atoms with Crippen LogP contribution < -0.4 is 5.32 Å². The van der Waals surface area contributed by atoms with Crippen LogP contribution in [-0.4, -0.2) is 4.57 Å². The van der Waals surface area contributed by atoms with E-state index in [2.05, 4.69) is 74.8 Å². The number of nitrogens with zero attached hydrogens (tertiary/aromatic N) is 1. The van der Waals surface area contributed by atoms with Crippen LogP contribution >= 0.6 is 27.3 Å². The molecule has 19 heavy (non-hydrogen) atoms. The molecule has 3 rings (SSSR count). The summed E-state index contributed by atoms with van der Waals surface area (Å²) in [5.74, 6) is 0. The fraction of sp³-hybridized carbons (Fsp3) is 0.200. The summed E-state index contributed by atoms with van der Waals surface area (Å²) >= 11 is 5.26. The molecule has 2 nitrogen and oxygen atoms in total. The largest absolute Gasteiger partial charge is 0.350 e. The molecule has 0 saturated carbocycles. The molecule has 0 atom stereocenters. The fourth-order valence-corrected chi connectivity index (χ4v) is 3.75. The molecule has 2 aromatic heterocycles. The molecule has 1 aromatic carbocycles. The van der Waals surface area contributed by atoms with Gasteiger partial charge in [0.15, 0.2) is 0 Å². The molecule has 0 fully saturated rings. The summed E-state index contributed by atoms with van der Waals surface area (Å²) in [5.41, 5.74) is 2.65. The first-order valence-corrected chi connectivity index (χ1v) is 7.88. The standard InChI is InChI=1S/C15H15BrN2S/c1-18-9-11(14-4-2-3-5-15(14)18)7-17-8-13-6-12(16)10-19-13/h2-6,9-10,17H,7-8H2,1H3. The number of fused-ring (bicyclic) bond motifs is 1. The van der Waals surface area contributed by atoms with Crippen LogP contribution in [0.15, 0.2) is 46.4 Å². The Kier molecular flexibility index (Phi) is 3.73. The quantitative estimate of drug-likeness (QED) is 0.753. The minimum atomic E-state index is 0.900. The number of hydrogen-bond donors (Lipinski definition) is 1. The van der Waals surface area contributed by atoms with Crippen molar-refractivity contribution in [3.05, 3.63) is 56.8 Å². The highest BCUT2D eigenvalue weighted by Crippen LogP contribution is 2.21. The van der Waals surface area contributed by atoms with Gasteiger partial charge in [-0.25, -0.2) is 0 Å². The lowest BCUT2D eigenvalue weighted by Gasteiger charge is -2.01. The van der Waals surface area contributed by atoms with Gasteiger partial charge in [0.05, 0.1) is 0 Å². The minimum absolute atomic E-state index is 0.900. The van der Waals surface area contributed by atoms with Crippen LogP contribution in [0, 0.1) is 0 Å². The van der Waals surface area contributed by atoms with Gasteiger partial charge in [0.25, 0.3) is 0 Å². The molecule has 2 heterocycles. The summed E-state index contributed by atoms with van der Waals surface area (Å²) in [6, 6.07) is 10.7. The highest BCUT2D eigenvalue weighted by atomic mass is 79.9. The molecule has 0 saturated heterocycles. The predicted molar refractivity (Wildman–Crippen MR) is 85.5 cm³/mol. The average Bonchev–Trinajstić information content (AvgIpc) is 2.96. The maximum atomic E-state index is 3.51. The highest BCUT2D eigenvalue weighted by Gasteiger charge is 2.05. The molecule has 0 aliphatic rings. The van der Waals surface area contributed by atoms with Crippen molar-refractivity contribution in [1.82, 2.24) is 9.88 Å². The molecule has 1 N–H and O–H groups in total. The van der Waals surface area contributed by atoms with E-state index in [0.29, 0.717) is 0 Å². The lowest BCUT2D eigenvalue weighted by atomic mass is 10.2. The first-order valence-electron chi connectivity index (χ1n) is 6.20. The van der Waals surface area contributed by atoms with Crippen LogP contribution in [0.1, 0.15) is 10.4 Å². The minimum Gasteiger partial charge on any atom is -0.350 e. The third-order valence-electron chi connectivity index (χ3n) is 3.22. The van der Waals surface area contributed by atoms with Crippen LogP contribution in [0.5, 0.6) is 0 Å². The molecule has 3 aromatic rings. The molecule has 98 valence electrons. The zero-order chi connectivity index (χ0) is 13.2. The molecular formula is C15H15BrN2S. The predicted octanol–water partition coefficient (Wildman–Crippen LogP) is 4.29. The first kappa shape index (κ1) is 12.9. The number of para-hydroxylation sites is 1. The van der Waals surface area contributed by atoms with Crippen LogP contribution in [0.3, 0.4) is 0 Å². The molecule has 4 heteroatoms. The SMILES string of the molecule is Cn1cc(CNCc2cc(Br)cs2)c2ccccc21. The third-order valence-corrected chi connectivity index (χ3v) is 4.91. The van der Waals surface area contributed by atoms with Gasteiger partial charge in [-0.2, -0.15) is 0 Å². The number of thiophene rings is 1. The van der Waals surface area contributed by atoms with Gasteiger partial charge in [0, 0.05) is 52.0 Å². The van der Waals surface area contributed by atoms with Crippen molar-refractivity contribution < 1.29 is 0 Å². The van der Waals surface area contributed by atoms with Crippen molar-refractivity contribution in [2.24, 2.45) is 7.05 Å². The topological polar surface area (TPSA) is 17.0 Å². The Labute approximate surface area is 125 Å². The molecule has 0 amide bonds. The lowest BCUT2D eigenvalue weighted by molar-refractivity contribution is 0.702. The maximum absolute atomic E-state index is 3.51. The van der Waals surface area contributed by atoms with Crippen LogP contribution in [-0.2, 0) is 20.1 Å². The van der Waals surface area contributed by atoms with E-state index in [-0.39, 0.29) is 0 Å². The van der Waals surface area contributed by atoms with Crippen molar-refractivity contribution in [2.45, 2.75) is 13.1 Å². The van der Waals surface area contributed by atoms with Gasteiger partial charge in [-0.3, -0.25) is 0 Å². The number of benzene rings is 1. The maximum Gasteiger partial charge on any atom is 0.0481 e. The molecule has 0 spiro atoms. The second-order valence-electron chi connectivity index (χ2n) is 4.62. The van der Waals surface area contributed by atoms with E-state index in [1.807, 2.05) is 0 Å². The Balaban J connectivity index is 1.72. The molecule has 0 aliphatic heterocycles. The molecule has 0 radical (unpaired) electrons. The van der Waals surface area contributed by atoms with E-state index >= 15 is 0 Å². The smallest absolute Gasteiger partial charge is 0.0481 e. The summed E-state index contributed by atoms with van der Waals surface area (Å²) in [6.45, 7) is 1.82. The van der Waals surface area contributed by atoms with E-state index in [9.17, 15) is 0 Å². The van der Waals surface area contributed by atoms with Gasteiger partial charge in [0.2, 0.25) is 0 Å². The Morgan fingerprint density at radius 2 is 2.11 bits per heavy atom. The van der Waals surface area contributed by atoms with Gasteiger partial charge >= 0.3 is 0 Å². The number of halogens is 1. The van der Waals surface area contributed by atoms with Crippen molar-refractivity contribution in [3.63, 3.8) is 0 Å². The van der Waals surface area contributed by atoms with E-state index in [1.165, 1.54) is 25.8 Å². The van der Waals surface area contributed by atoms with Crippen molar-refractivity contribution in [2.75, 3.05) is 0 Å². The number of aryl methyl sites for hydroxylation is 1. The van der Waals surface area contributed by atoms with E-state index in [0.717, 1.165) is 13.1 Å². The second-order valence-corrected chi connectivity index (χ2v) is 6.53. The Morgan fingerprint density at radius 1 is 1.26 bits per heavy atom. The summed E-state index contributed by atoms with van der Waals surface area (Å²) in [5, 5.41) is 6.97. The molecule has 0 unspecified atom stereocenters. The van der Waals surface area contributed by atoms with E-state index in [4.69, 9.17) is 0 Å². The zero-order valence-electron chi connectivity index (χ0n) is 10.7. The summed E-state index contributed by atoms with van der Waals surface area (Å²) in [7, 11) is 2.10. The monoisotopic (exact) mass is 334 g/mol. The van der Waals surface area contributed by atoms with Gasteiger partial charge in [-0.05, 0) is 33.6 Å². The van der Waals surface area contributed by atoms with E-state index < -0.39 is 0 Å². The van der Waals surface area contributed by atoms with Crippen LogP contribution in [0.2, 0.25) is 0 Å². The highest BCUT2D eigenvalue weighted by molar-refractivity contribution is 9.10. The number of nitrogens with one attached hydrogen (secondary N) is 1. The van der Waals surface area contributed by atoms with Gasteiger partial charge in [-0.15, -0.1) is 11.3 Å². The normalized spacial score (nSPS) is 11.3. The summed E-state index contributed by atoms with van der Waals surface area (Å²) in [4.78, 5) is 1.35. The van der Waals surface area contributed by atoms with Gasteiger partial charge in [0.1, 0.15) is 0 Å². The Morgan fingerprint density at radius 3 is 2.89 bits per heavy atom. The number of rotatable bonds is 4. The fourth-order valence-electron chi connectivity index (χ4n) is 2.33. The zero-order valence-corrected chi connectivity index (χ0v) is 13.1. The Bertz CT molecular complexity index is 699. The van der Waals surface area contributed by atoms with Crippen molar-refractivity contribution in [1.29, 1.82) is 0 Å². The van der Waals surface area contributed by atoms with Crippen LogP contribution in [0.4, 0.5) is 0 Å². The van der Waals surface area contributed by atoms with Crippen molar-refractivity contribution in [3.8, 4) is 0 Å². The molecule has 0 aliphatic carbocycles. The Hall–Kier alpha value is -1.10. The first-order chi connectivity index (χ1) is 9.24. The van der Waals surface area contributed by atoms with Gasteiger partial charge in [-0.1, -0.05) is 18.2 Å². The van der Waals surface area contributed by atoms with Crippen LogP contribution in [0.25, 0.3) is 10.9 Å². The summed E-state index contributed by atoms with van der Waals surface area (Å²) in [6.07, 6.45) is 2.21. The van der Waals surface area contributed by atoms with Gasteiger partial charge < -0.3 is 9.88 Å². The third kappa shape index (κ3) is 2.76. The second kappa shape index (κ2) is 5.49. The average molecular weight is 335 g/mol. The number of hydrogen-bond acceptors (Lipinski definition) is 2. The number of aromatic nitrogens is 1. The molecular weight excluding hydrogens is 320 g/mol.